The van der Waals surface area contributed by atoms with E-state index in [1.165, 1.54) is 19.2 Å². The van der Waals surface area contributed by atoms with Gasteiger partial charge in [-0.2, -0.15) is 5.10 Å². The van der Waals surface area contributed by atoms with Crippen LogP contribution in [0.1, 0.15) is 43.5 Å². The number of benzene rings is 1. The van der Waals surface area contributed by atoms with Gasteiger partial charge in [0.2, 0.25) is 0 Å². The molecule has 0 atom stereocenters. The molecule has 1 amide bonds. The van der Waals surface area contributed by atoms with Crippen LogP contribution in [0, 0.1) is 5.82 Å². The zero-order valence-corrected chi connectivity index (χ0v) is 24.8. The topological polar surface area (TPSA) is 95.5 Å². The van der Waals surface area contributed by atoms with Crippen molar-refractivity contribution in [3.63, 3.8) is 0 Å². The number of nitrogens with zero attached hydrogens (tertiary/aromatic N) is 5. The Bertz CT molecular complexity index is 1300. The number of amides is 1. The van der Waals surface area contributed by atoms with E-state index in [0.717, 1.165) is 61.8 Å². The number of likely N-dealkylation sites (N-methyl/N-ethyl adjacent to an activating group) is 1. The molecule has 2 N–H and O–H groups in total. The summed E-state index contributed by atoms with van der Waals surface area (Å²) in [6.07, 6.45) is 4.83. The Labute approximate surface area is 246 Å². The lowest BCUT2D eigenvalue weighted by Gasteiger charge is -2.31. The highest BCUT2D eigenvalue weighted by Gasteiger charge is 2.28. The van der Waals surface area contributed by atoms with Gasteiger partial charge in [0, 0.05) is 73.2 Å². The van der Waals surface area contributed by atoms with Gasteiger partial charge in [-0.15, -0.1) is 5.10 Å². The third-order valence-corrected chi connectivity index (χ3v) is 7.57. The maximum Gasteiger partial charge on any atom is 0.409 e. The maximum atomic E-state index is 14.7. The summed E-state index contributed by atoms with van der Waals surface area (Å²) in [7, 11) is 3.36. The minimum Gasteiger partial charge on any atom is -0.453 e. The standard InChI is InChI=1S/C30H39ClFN7O2/c1-4-13-38(17-12-33-2)14-10-23-19-24(7-11-34-23)35-28-20-27(25-18-22(31)5-6-26(25)32)36-37-29(28)21-8-15-39(16-9-21)30(40)41-3/h5-7,11,18-21,33H,4,8-10,12-17H2,1-3H3,(H,34,35,36). The Morgan fingerprint density at radius 2 is 1.95 bits per heavy atom. The normalized spacial score (nSPS) is 14.0. The van der Waals surface area contributed by atoms with Crippen molar-refractivity contribution in [1.29, 1.82) is 0 Å². The number of rotatable bonds is 12. The van der Waals surface area contributed by atoms with Gasteiger partial charge in [-0.1, -0.05) is 18.5 Å². The number of carbonyl (C=O) groups is 1. The quantitative estimate of drug-likeness (QED) is 0.289. The molecule has 1 aliphatic rings. The number of piperidine rings is 1. The molecule has 11 heteroatoms. The summed E-state index contributed by atoms with van der Waals surface area (Å²) in [5.41, 5.74) is 4.04. The van der Waals surface area contributed by atoms with Crippen LogP contribution in [0.2, 0.25) is 5.02 Å². The summed E-state index contributed by atoms with van der Waals surface area (Å²) < 4.78 is 19.6. The maximum absolute atomic E-state index is 14.7. The molecule has 3 aromatic rings. The number of carbonyl (C=O) groups excluding carboxylic acids is 1. The first kappa shape index (κ1) is 30.6. The molecular weight excluding hydrogens is 545 g/mol. The van der Waals surface area contributed by atoms with E-state index >= 15 is 0 Å². The first-order chi connectivity index (χ1) is 19.9. The number of hydrogen-bond donors (Lipinski definition) is 2. The summed E-state index contributed by atoms with van der Waals surface area (Å²) in [5.74, 6) is -0.352. The van der Waals surface area contributed by atoms with Gasteiger partial charge in [0.05, 0.1) is 24.2 Å². The molecule has 0 aliphatic carbocycles. The fourth-order valence-electron chi connectivity index (χ4n) is 5.14. The van der Waals surface area contributed by atoms with Gasteiger partial charge in [0.15, 0.2) is 0 Å². The fourth-order valence-corrected chi connectivity index (χ4v) is 5.31. The summed E-state index contributed by atoms with van der Waals surface area (Å²) >= 11 is 6.17. The molecule has 41 heavy (non-hydrogen) atoms. The van der Waals surface area contributed by atoms with Gasteiger partial charge < -0.3 is 25.2 Å². The van der Waals surface area contributed by atoms with Crippen LogP contribution in [-0.2, 0) is 11.2 Å². The van der Waals surface area contributed by atoms with Crippen molar-refractivity contribution < 1.29 is 13.9 Å². The Morgan fingerprint density at radius 3 is 2.68 bits per heavy atom. The molecule has 9 nitrogen and oxygen atoms in total. The molecule has 3 heterocycles. The number of hydrogen-bond acceptors (Lipinski definition) is 8. The van der Waals surface area contributed by atoms with E-state index < -0.39 is 5.82 Å². The van der Waals surface area contributed by atoms with Crippen molar-refractivity contribution in [3.8, 4) is 11.3 Å². The average Bonchev–Trinajstić information content (AvgIpc) is 2.99. The van der Waals surface area contributed by atoms with E-state index in [0.29, 0.717) is 36.6 Å². The van der Waals surface area contributed by atoms with Crippen LogP contribution in [0.3, 0.4) is 0 Å². The second-order valence-electron chi connectivity index (χ2n) is 10.2. The molecule has 1 fully saturated rings. The van der Waals surface area contributed by atoms with Gasteiger partial charge in [0.25, 0.3) is 0 Å². The number of ether oxygens (including phenoxy) is 1. The van der Waals surface area contributed by atoms with E-state index in [2.05, 4.69) is 37.6 Å². The van der Waals surface area contributed by atoms with Crippen molar-refractivity contribution in [2.24, 2.45) is 0 Å². The number of likely N-dealkylation sites (tertiary alicyclic amines) is 1. The second-order valence-corrected chi connectivity index (χ2v) is 10.7. The molecular formula is C30H39ClFN7O2. The van der Waals surface area contributed by atoms with Gasteiger partial charge in [-0.3, -0.25) is 4.98 Å². The largest absolute Gasteiger partial charge is 0.453 e. The minimum absolute atomic E-state index is 0.0697. The Hall–Kier alpha value is -3.34. The van der Waals surface area contributed by atoms with Crippen molar-refractivity contribution in [2.45, 2.75) is 38.5 Å². The lowest BCUT2D eigenvalue weighted by molar-refractivity contribution is 0.112. The lowest BCUT2D eigenvalue weighted by Crippen LogP contribution is -2.38. The SMILES string of the molecule is CCCN(CCNC)CCc1cc(Nc2cc(-c3cc(Cl)ccc3F)nnc2C2CCN(C(=O)OC)CC2)ccn1. The average molecular weight is 584 g/mol. The van der Waals surface area contributed by atoms with Gasteiger partial charge >= 0.3 is 6.09 Å². The summed E-state index contributed by atoms with van der Waals surface area (Å²) in [4.78, 5) is 20.7. The molecule has 220 valence electrons. The Balaban J connectivity index is 1.59. The minimum atomic E-state index is -0.421. The van der Waals surface area contributed by atoms with Crippen molar-refractivity contribution in [2.75, 3.05) is 58.7 Å². The number of anilines is 2. The zero-order valence-electron chi connectivity index (χ0n) is 24.0. The summed E-state index contributed by atoms with van der Waals surface area (Å²) in [6, 6.07) is 10.2. The molecule has 0 spiro atoms. The number of pyridine rings is 1. The van der Waals surface area contributed by atoms with Crippen LogP contribution in [0.15, 0.2) is 42.6 Å². The molecule has 0 radical (unpaired) electrons. The molecule has 2 aromatic heterocycles. The van der Waals surface area contributed by atoms with Crippen molar-refractivity contribution in [3.05, 3.63) is 64.8 Å². The van der Waals surface area contributed by atoms with E-state index in [1.807, 2.05) is 25.2 Å². The predicted molar refractivity (Wildman–Crippen MR) is 160 cm³/mol. The fraction of sp³-hybridized carbons (Fsp3) is 0.467. The van der Waals surface area contributed by atoms with Crippen LogP contribution in [0.25, 0.3) is 11.3 Å². The number of halogens is 2. The van der Waals surface area contributed by atoms with Crippen LogP contribution in [-0.4, -0.2) is 84.5 Å². The molecule has 1 saturated heterocycles. The molecule has 0 unspecified atom stereocenters. The summed E-state index contributed by atoms with van der Waals surface area (Å²) in [6.45, 7) is 7.22. The number of nitrogens with one attached hydrogen (secondary N) is 2. The number of aromatic nitrogens is 3. The first-order valence-electron chi connectivity index (χ1n) is 14.2. The molecule has 1 aliphatic heterocycles. The van der Waals surface area contributed by atoms with Crippen molar-refractivity contribution >= 4 is 29.1 Å². The molecule has 0 bridgehead atoms. The van der Waals surface area contributed by atoms with Gasteiger partial charge in [-0.05, 0) is 69.3 Å². The third kappa shape index (κ3) is 8.34. The number of methoxy groups -OCH3 is 1. The van der Waals surface area contributed by atoms with E-state index in [-0.39, 0.29) is 17.6 Å². The van der Waals surface area contributed by atoms with Crippen LogP contribution in [0.4, 0.5) is 20.6 Å². The Morgan fingerprint density at radius 1 is 1.15 bits per heavy atom. The van der Waals surface area contributed by atoms with E-state index in [9.17, 15) is 9.18 Å². The van der Waals surface area contributed by atoms with Crippen LogP contribution >= 0.6 is 11.6 Å². The van der Waals surface area contributed by atoms with Gasteiger partial charge in [-0.25, -0.2) is 9.18 Å². The lowest BCUT2D eigenvalue weighted by atomic mass is 9.92. The van der Waals surface area contributed by atoms with Crippen LogP contribution in [0.5, 0.6) is 0 Å². The zero-order chi connectivity index (χ0) is 29.2. The predicted octanol–water partition coefficient (Wildman–Crippen LogP) is 5.49. The summed E-state index contributed by atoms with van der Waals surface area (Å²) in [5, 5.41) is 16.1. The monoisotopic (exact) mass is 583 g/mol. The highest BCUT2D eigenvalue weighted by Crippen LogP contribution is 2.35. The van der Waals surface area contributed by atoms with Crippen LogP contribution < -0.4 is 10.6 Å². The molecule has 1 aromatic carbocycles. The van der Waals surface area contributed by atoms with E-state index in [4.69, 9.17) is 16.3 Å². The van der Waals surface area contributed by atoms with Crippen molar-refractivity contribution in [1.82, 2.24) is 30.3 Å². The van der Waals surface area contributed by atoms with Gasteiger partial charge in [0.1, 0.15) is 5.82 Å². The highest BCUT2D eigenvalue weighted by molar-refractivity contribution is 6.30. The van der Waals surface area contributed by atoms with E-state index in [1.54, 1.807) is 17.2 Å². The Kier molecular flexibility index (Phi) is 11.2. The highest BCUT2D eigenvalue weighted by atomic mass is 35.5. The molecule has 4 rings (SSSR count). The second kappa shape index (κ2) is 15.0. The smallest absolute Gasteiger partial charge is 0.409 e. The molecule has 0 saturated carbocycles. The third-order valence-electron chi connectivity index (χ3n) is 7.34. The first-order valence-corrected chi connectivity index (χ1v) is 14.5.